The minimum Gasteiger partial charge on any atom is -0.308 e. The SMILES string of the molecule is CN(C)CCN(Cc1ccccc1)S(=O)(=O)c1cccc2cccnc12. The Morgan fingerprint density at radius 3 is 2.35 bits per heavy atom. The van der Waals surface area contributed by atoms with Gasteiger partial charge in [0.15, 0.2) is 0 Å². The molecule has 0 aliphatic carbocycles. The third kappa shape index (κ3) is 4.09. The lowest BCUT2D eigenvalue weighted by Gasteiger charge is -2.24. The second-order valence-corrected chi connectivity index (χ2v) is 8.37. The largest absolute Gasteiger partial charge is 0.308 e. The number of fused-ring (bicyclic) bond motifs is 1. The summed E-state index contributed by atoms with van der Waals surface area (Å²) in [6, 6.07) is 18.6. The van der Waals surface area contributed by atoms with Crippen molar-refractivity contribution in [2.75, 3.05) is 27.2 Å². The third-order valence-electron chi connectivity index (χ3n) is 4.21. The summed E-state index contributed by atoms with van der Waals surface area (Å²) in [7, 11) is 0.197. The standard InChI is InChI=1S/C20H23N3O2S/c1-22(2)14-15-23(16-17-8-4-3-5-9-17)26(24,25)19-12-6-10-18-11-7-13-21-20(18)19/h3-13H,14-16H2,1-2H3. The Hall–Kier alpha value is -2.28. The summed E-state index contributed by atoms with van der Waals surface area (Å²) in [5.74, 6) is 0. The highest BCUT2D eigenvalue weighted by atomic mass is 32.2. The molecule has 0 fully saturated rings. The average molecular weight is 369 g/mol. The molecule has 0 saturated heterocycles. The topological polar surface area (TPSA) is 53.5 Å². The first-order chi connectivity index (χ1) is 12.5. The van der Waals surface area contributed by atoms with Crippen LogP contribution in [-0.4, -0.2) is 49.8 Å². The second-order valence-electron chi connectivity index (χ2n) is 6.46. The van der Waals surface area contributed by atoms with E-state index in [0.717, 1.165) is 10.9 Å². The molecular weight excluding hydrogens is 346 g/mol. The lowest BCUT2D eigenvalue weighted by atomic mass is 10.2. The summed E-state index contributed by atoms with van der Waals surface area (Å²) < 4.78 is 28.4. The van der Waals surface area contributed by atoms with Gasteiger partial charge < -0.3 is 4.90 Å². The van der Waals surface area contributed by atoms with Crippen LogP contribution in [0.4, 0.5) is 0 Å². The van der Waals surface area contributed by atoms with Crippen molar-refractivity contribution >= 4 is 20.9 Å². The fourth-order valence-electron chi connectivity index (χ4n) is 2.81. The second kappa shape index (κ2) is 7.95. The summed E-state index contributed by atoms with van der Waals surface area (Å²) in [5.41, 5.74) is 1.47. The van der Waals surface area contributed by atoms with E-state index in [1.165, 1.54) is 4.31 Å². The molecule has 0 aliphatic rings. The van der Waals surface area contributed by atoms with Crippen LogP contribution in [0.5, 0.6) is 0 Å². The van der Waals surface area contributed by atoms with Gasteiger partial charge in [0.05, 0.1) is 5.52 Å². The molecule has 2 aromatic carbocycles. The fourth-order valence-corrected chi connectivity index (χ4v) is 4.39. The van der Waals surface area contributed by atoms with Crippen LogP contribution in [0.1, 0.15) is 5.56 Å². The Morgan fingerprint density at radius 2 is 1.62 bits per heavy atom. The molecule has 0 radical (unpaired) electrons. The Labute approximate surface area is 154 Å². The molecule has 0 bridgehead atoms. The van der Waals surface area contributed by atoms with Crippen LogP contribution in [0, 0.1) is 0 Å². The molecule has 6 heteroatoms. The number of hydrogen-bond donors (Lipinski definition) is 0. The number of nitrogens with zero attached hydrogens (tertiary/aromatic N) is 3. The minimum absolute atomic E-state index is 0.255. The monoisotopic (exact) mass is 369 g/mol. The number of benzene rings is 2. The summed E-state index contributed by atoms with van der Waals surface area (Å²) in [4.78, 5) is 6.55. The molecule has 0 spiro atoms. The first-order valence-electron chi connectivity index (χ1n) is 8.51. The zero-order chi connectivity index (χ0) is 18.6. The van der Waals surface area contributed by atoms with Crippen molar-refractivity contribution in [3.05, 3.63) is 72.4 Å². The van der Waals surface area contributed by atoms with Gasteiger partial charge in [-0.1, -0.05) is 48.5 Å². The van der Waals surface area contributed by atoms with Crippen molar-refractivity contribution in [1.29, 1.82) is 0 Å². The molecular formula is C20H23N3O2S. The van der Waals surface area contributed by atoms with Gasteiger partial charge in [-0.3, -0.25) is 4.98 Å². The molecule has 0 saturated carbocycles. The van der Waals surface area contributed by atoms with E-state index in [-0.39, 0.29) is 4.90 Å². The van der Waals surface area contributed by atoms with Gasteiger partial charge in [0.2, 0.25) is 10.0 Å². The molecule has 0 unspecified atom stereocenters. The predicted molar refractivity (Wildman–Crippen MR) is 104 cm³/mol. The number of hydrogen-bond acceptors (Lipinski definition) is 4. The average Bonchev–Trinajstić information content (AvgIpc) is 2.65. The van der Waals surface area contributed by atoms with Gasteiger partial charge in [0, 0.05) is 31.2 Å². The van der Waals surface area contributed by atoms with E-state index in [1.54, 1.807) is 18.3 Å². The number of pyridine rings is 1. The van der Waals surface area contributed by atoms with Crippen molar-refractivity contribution in [3.63, 3.8) is 0 Å². The van der Waals surface area contributed by atoms with Crippen LogP contribution >= 0.6 is 0 Å². The van der Waals surface area contributed by atoms with E-state index in [2.05, 4.69) is 4.98 Å². The first-order valence-corrected chi connectivity index (χ1v) is 9.95. The zero-order valence-electron chi connectivity index (χ0n) is 15.0. The Bertz CT molecular complexity index is 967. The number of aromatic nitrogens is 1. The summed E-state index contributed by atoms with van der Waals surface area (Å²) in [6.45, 7) is 1.39. The molecule has 0 amide bonds. The van der Waals surface area contributed by atoms with Crippen molar-refractivity contribution in [3.8, 4) is 0 Å². The Balaban J connectivity index is 2.02. The molecule has 5 nitrogen and oxygen atoms in total. The lowest BCUT2D eigenvalue weighted by molar-refractivity contribution is 0.329. The van der Waals surface area contributed by atoms with Crippen molar-refractivity contribution < 1.29 is 8.42 Å². The van der Waals surface area contributed by atoms with Crippen LogP contribution in [0.3, 0.4) is 0 Å². The van der Waals surface area contributed by atoms with Gasteiger partial charge in [0.25, 0.3) is 0 Å². The maximum Gasteiger partial charge on any atom is 0.245 e. The van der Waals surface area contributed by atoms with Gasteiger partial charge in [0.1, 0.15) is 4.90 Å². The molecule has 0 aliphatic heterocycles. The summed E-state index contributed by atoms with van der Waals surface area (Å²) in [5, 5.41) is 0.820. The van der Waals surface area contributed by atoms with E-state index < -0.39 is 10.0 Å². The number of likely N-dealkylation sites (N-methyl/N-ethyl adjacent to an activating group) is 1. The van der Waals surface area contributed by atoms with Crippen molar-refractivity contribution in [2.45, 2.75) is 11.4 Å². The van der Waals surface area contributed by atoms with Crippen LogP contribution in [-0.2, 0) is 16.6 Å². The van der Waals surface area contributed by atoms with Crippen molar-refractivity contribution in [2.24, 2.45) is 0 Å². The Morgan fingerprint density at radius 1 is 0.885 bits per heavy atom. The third-order valence-corrected chi connectivity index (χ3v) is 6.09. The maximum absolute atomic E-state index is 13.4. The molecule has 26 heavy (non-hydrogen) atoms. The Kier molecular flexibility index (Phi) is 5.66. The number of para-hydroxylation sites is 1. The highest BCUT2D eigenvalue weighted by Gasteiger charge is 2.27. The van der Waals surface area contributed by atoms with Gasteiger partial charge >= 0.3 is 0 Å². The fraction of sp³-hybridized carbons (Fsp3) is 0.250. The van der Waals surface area contributed by atoms with E-state index in [9.17, 15) is 8.42 Å². The quantitative estimate of drug-likeness (QED) is 0.642. The minimum atomic E-state index is -3.68. The van der Waals surface area contributed by atoms with E-state index in [1.807, 2.05) is 67.5 Å². The number of rotatable bonds is 7. The van der Waals surface area contributed by atoms with Gasteiger partial charge in [-0.05, 0) is 31.8 Å². The van der Waals surface area contributed by atoms with Gasteiger partial charge in [-0.25, -0.2) is 8.42 Å². The molecule has 3 aromatic rings. The summed E-state index contributed by atoms with van der Waals surface area (Å²) >= 11 is 0. The molecule has 3 rings (SSSR count). The normalized spacial score (nSPS) is 12.2. The van der Waals surface area contributed by atoms with Crippen LogP contribution in [0.25, 0.3) is 10.9 Å². The maximum atomic E-state index is 13.4. The van der Waals surface area contributed by atoms with Crippen LogP contribution < -0.4 is 0 Å². The highest BCUT2D eigenvalue weighted by Crippen LogP contribution is 2.25. The van der Waals surface area contributed by atoms with Crippen LogP contribution in [0.2, 0.25) is 0 Å². The number of sulfonamides is 1. The highest BCUT2D eigenvalue weighted by molar-refractivity contribution is 7.89. The molecule has 1 heterocycles. The zero-order valence-corrected chi connectivity index (χ0v) is 15.9. The summed E-state index contributed by atoms with van der Waals surface area (Å²) in [6.07, 6.45) is 1.63. The first kappa shape index (κ1) is 18.5. The van der Waals surface area contributed by atoms with Crippen LogP contribution in [0.15, 0.2) is 71.8 Å². The molecule has 1 aromatic heterocycles. The molecule has 136 valence electrons. The molecule has 0 N–H and O–H groups in total. The molecule has 0 atom stereocenters. The van der Waals surface area contributed by atoms with Crippen molar-refractivity contribution in [1.82, 2.24) is 14.2 Å². The predicted octanol–water partition coefficient (Wildman–Crippen LogP) is 2.99. The van der Waals surface area contributed by atoms with Gasteiger partial charge in [-0.2, -0.15) is 4.31 Å². The van der Waals surface area contributed by atoms with E-state index in [0.29, 0.717) is 25.2 Å². The smallest absolute Gasteiger partial charge is 0.245 e. The lowest BCUT2D eigenvalue weighted by Crippen LogP contribution is -2.36. The van der Waals surface area contributed by atoms with Gasteiger partial charge in [-0.15, -0.1) is 0 Å². The van der Waals surface area contributed by atoms with E-state index in [4.69, 9.17) is 0 Å². The van der Waals surface area contributed by atoms with E-state index >= 15 is 0 Å².